The van der Waals surface area contributed by atoms with Crippen molar-refractivity contribution in [1.29, 1.82) is 0 Å². The second-order valence-electron chi connectivity index (χ2n) is 5.77. The minimum absolute atomic E-state index is 0.639. The fraction of sp³-hybridized carbons (Fsp3) is 0.556. The first-order chi connectivity index (χ1) is 9.25. The standard InChI is InChI=1S/C18H26O/c1-15(2)19-14-16-10-12-18(13-11-16)17-8-6-4-3-5-7-9-17/h10-13,17H,1,3-9,14H2,2H3. The molecule has 104 valence electrons. The summed E-state index contributed by atoms with van der Waals surface area (Å²) in [5.74, 6) is 1.56. The summed E-state index contributed by atoms with van der Waals surface area (Å²) < 4.78 is 5.46. The first kappa shape index (κ1) is 14.2. The highest BCUT2D eigenvalue weighted by Crippen LogP contribution is 2.30. The maximum atomic E-state index is 5.46. The molecular weight excluding hydrogens is 232 g/mol. The summed E-state index contributed by atoms with van der Waals surface area (Å²) in [6.45, 7) is 6.29. The van der Waals surface area contributed by atoms with Crippen molar-refractivity contribution in [3.05, 3.63) is 47.7 Å². The number of rotatable bonds is 4. The maximum Gasteiger partial charge on any atom is 0.113 e. The fourth-order valence-electron chi connectivity index (χ4n) is 2.88. The van der Waals surface area contributed by atoms with Gasteiger partial charge in [0.1, 0.15) is 6.61 Å². The predicted molar refractivity (Wildman–Crippen MR) is 81.1 cm³/mol. The molecule has 2 rings (SSSR count). The summed E-state index contributed by atoms with van der Waals surface area (Å²) in [5.41, 5.74) is 2.75. The normalized spacial score (nSPS) is 17.5. The Morgan fingerprint density at radius 2 is 1.63 bits per heavy atom. The fourth-order valence-corrected chi connectivity index (χ4v) is 2.88. The molecule has 1 heteroatoms. The van der Waals surface area contributed by atoms with Gasteiger partial charge in [-0.1, -0.05) is 62.9 Å². The number of hydrogen-bond donors (Lipinski definition) is 0. The van der Waals surface area contributed by atoms with E-state index in [9.17, 15) is 0 Å². The van der Waals surface area contributed by atoms with Crippen molar-refractivity contribution in [2.24, 2.45) is 0 Å². The molecule has 0 radical (unpaired) electrons. The van der Waals surface area contributed by atoms with Crippen LogP contribution >= 0.6 is 0 Å². The summed E-state index contributed by atoms with van der Waals surface area (Å²) in [7, 11) is 0. The molecule has 0 heterocycles. The monoisotopic (exact) mass is 258 g/mol. The number of benzene rings is 1. The molecule has 1 aromatic carbocycles. The van der Waals surface area contributed by atoms with E-state index in [1.807, 2.05) is 6.92 Å². The van der Waals surface area contributed by atoms with Crippen molar-refractivity contribution >= 4 is 0 Å². The van der Waals surface area contributed by atoms with E-state index in [1.54, 1.807) is 0 Å². The van der Waals surface area contributed by atoms with Gasteiger partial charge in [-0.05, 0) is 36.8 Å². The van der Waals surface area contributed by atoms with Gasteiger partial charge in [0.05, 0.1) is 5.76 Å². The Morgan fingerprint density at radius 3 is 2.21 bits per heavy atom. The quantitative estimate of drug-likeness (QED) is 0.642. The molecule has 1 aliphatic carbocycles. The molecule has 1 aliphatic rings. The van der Waals surface area contributed by atoms with E-state index in [0.717, 1.165) is 11.7 Å². The van der Waals surface area contributed by atoms with Crippen LogP contribution in [0.15, 0.2) is 36.6 Å². The van der Waals surface area contributed by atoms with Gasteiger partial charge in [0, 0.05) is 0 Å². The van der Waals surface area contributed by atoms with Gasteiger partial charge in [-0.3, -0.25) is 0 Å². The molecule has 0 spiro atoms. The van der Waals surface area contributed by atoms with Crippen LogP contribution in [-0.2, 0) is 11.3 Å². The average molecular weight is 258 g/mol. The summed E-state index contributed by atoms with van der Waals surface area (Å²) >= 11 is 0. The molecule has 0 N–H and O–H groups in total. The van der Waals surface area contributed by atoms with E-state index in [1.165, 1.54) is 56.1 Å². The Morgan fingerprint density at radius 1 is 1.05 bits per heavy atom. The lowest BCUT2D eigenvalue weighted by atomic mass is 9.86. The Kier molecular flexibility index (Phi) is 5.50. The number of ether oxygens (including phenoxy) is 1. The minimum Gasteiger partial charge on any atom is -0.494 e. The third-order valence-corrected chi connectivity index (χ3v) is 4.04. The second-order valence-corrected chi connectivity index (χ2v) is 5.77. The molecule has 0 aliphatic heterocycles. The molecule has 0 aromatic heterocycles. The van der Waals surface area contributed by atoms with E-state index in [0.29, 0.717) is 6.61 Å². The van der Waals surface area contributed by atoms with Gasteiger partial charge in [-0.15, -0.1) is 0 Å². The average Bonchev–Trinajstić information content (AvgIpc) is 2.37. The van der Waals surface area contributed by atoms with Crippen molar-refractivity contribution in [1.82, 2.24) is 0 Å². The molecule has 19 heavy (non-hydrogen) atoms. The van der Waals surface area contributed by atoms with E-state index in [-0.39, 0.29) is 0 Å². The summed E-state index contributed by atoms with van der Waals surface area (Å²) in [6.07, 6.45) is 9.78. The number of allylic oxidation sites excluding steroid dienone is 1. The zero-order chi connectivity index (χ0) is 13.5. The van der Waals surface area contributed by atoms with Crippen molar-refractivity contribution < 1.29 is 4.74 Å². The topological polar surface area (TPSA) is 9.23 Å². The van der Waals surface area contributed by atoms with Crippen LogP contribution in [0.5, 0.6) is 0 Å². The summed E-state index contributed by atoms with van der Waals surface area (Å²) in [4.78, 5) is 0. The van der Waals surface area contributed by atoms with Gasteiger partial charge in [0.25, 0.3) is 0 Å². The van der Waals surface area contributed by atoms with Crippen molar-refractivity contribution in [2.45, 2.75) is 64.4 Å². The highest BCUT2D eigenvalue weighted by molar-refractivity contribution is 5.25. The lowest BCUT2D eigenvalue weighted by Gasteiger charge is -2.20. The lowest BCUT2D eigenvalue weighted by molar-refractivity contribution is 0.202. The van der Waals surface area contributed by atoms with Crippen LogP contribution in [0.25, 0.3) is 0 Å². The molecule has 1 saturated carbocycles. The Balaban J connectivity index is 1.94. The number of hydrogen-bond acceptors (Lipinski definition) is 1. The molecule has 1 fully saturated rings. The largest absolute Gasteiger partial charge is 0.494 e. The third-order valence-electron chi connectivity index (χ3n) is 4.04. The maximum absolute atomic E-state index is 5.46. The Labute approximate surface area is 117 Å². The molecular formula is C18H26O. The van der Waals surface area contributed by atoms with Crippen molar-refractivity contribution in [3.8, 4) is 0 Å². The van der Waals surface area contributed by atoms with E-state index in [4.69, 9.17) is 4.74 Å². The van der Waals surface area contributed by atoms with Crippen molar-refractivity contribution in [2.75, 3.05) is 0 Å². The molecule has 0 saturated heterocycles. The van der Waals surface area contributed by atoms with Crippen LogP contribution in [0.1, 0.15) is 68.9 Å². The summed E-state index contributed by atoms with van der Waals surface area (Å²) in [6, 6.07) is 9.00. The van der Waals surface area contributed by atoms with Crippen LogP contribution in [-0.4, -0.2) is 0 Å². The second kappa shape index (κ2) is 7.37. The molecule has 0 unspecified atom stereocenters. The predicted octanol–water partition coefficient (Wildman–Crippen LogP) is 5.56. The van der Waals surface area contributed by atoms with Crippen LogP contribution < -0.4 is 0 Å². The Hall–Kier alpha value is -1.24. The summed E-state index contributed by atoms with van der Waals surface area (Å²) in [5, 5.41) is 0. The Bertz CT molecular complexity index is 383. The smallest absolute Gasteiger partial charge is 0.113 e. The molecule has 0 amide bonds. The van der Waals surface area contributed by atoms with Crippen LogP contribution in [0.2, 0.25) is 0 Å². The first-order valence-corrected chi connectivity index (χ1v) is 7.63. The molecule has 1 nitrogen and oxygen atoms in total. The van der Waals surface area contributed by atoms with Gasteiger partial charge in [0.2, 0.25) is 0 Å². The van der Waals surface area contributed by atoms with Gasteiger partial charge >= 0.3 is 0 Å². The van der Waals surface area contributed by atoms with Crippen LogP contribution in [0, 0.1) is 0 Å². The first-order valence-electron chi connectivity index (χ1n) is 7.63. The van der Waals surface area contributed by atoms with Gasteiger partial charge < -0.3 is 4.74 Å². The zero-order valence-electron chi connectivity index (χ0n) is 12.2. The highest BCUT2D eigenvalue weighted by atomic mass is 16.5. The van der Waals surface area contributed by atoms with E-state index >= 15 is 0 Å². The highest BCUT2D eigenvalue weighted by Gasteiger charge is 2.13. The van der Waals surface area contributed by atoms with E-state index in [2.05, 4.69) is 30.8 Å². The molecule has 0 bridgehead atoms. The van der Waals surface area contributed by atoms with Crippen LogP contribution in [0.3, 0.4) is 0 Å². The van der Waals surface area contributed by atoms with Crippen LogP contribution in [0.4, 0.5) is 0 Å². The van der Waals surface area contributed by atoms with Crippen molar-refractivity contribution in [3.63, 3.8) is 0 Å². The molecule has 0 atom stereocenters. The minimum atomic E-state index is 0.639. The molecule has 1 aromatic rings. The zero-order valence-corrected chi connectivity index (χ0v) is 12.2. The lowest BCUT2D eigenvalue weighted by Crippen LogP contribution is -2.02. The van der Waals surface area contributed by atoms with Gasteiger partial charge in [-0.25, -0.2) is 0 Å². The SMILES string of the molecule is C=C(C)OCc1ccc(C2CCCCCCC2)cc1. The van der Waals surface area contributed by atoms with Gasteiger partial charge in [-0.2, -0.15) is 0 Å². The third kappa shape index (κ3) is 4.74. The van der Waals surface area contributed by atoms with E-state index < -0.39 is 0 Å². The van der Waals surface area contributed by atoms with Gasteiger partial charge in [0.15, 0.2) is 0 Å².